The topological polar surface area (TPSA) is 9.23 Å². The second kappa shape index (κ2) is 8.90. The van der Waals surface area contributed by atoms with Crippen LogP contribution in [-0.4, -0.2) is 0 Å². The van der Waals surface area contributed by atoms with Gasteiger partial charge in [0.25, 0.3) is 0 Å². The monoisotopic (exact) mass is 432 g/mol. The average Bonchev–Trinajstić information content (AvgIpc) is 2.64. The quantitative estimate of drug-likeness (QED) is 0.421. The van der Waals surface area contributed by atoms with Crippen LogP contribution in [0.2, 0.25) is 5.02 Å². The van der Waals surface area contributed by atoms with E-state index in [0.29, 0.717) is 17.5 Å². The number of halogens is 6. The molecule has 2 aromatic carbocycles. The first-order chi connectivity index (χ1) is 13.7. The maximum Gasteiger partial charge on any atom is 0.432 e. The largest absolute Gasteiger partial charge is 0.432 e. The number of benzene rings is 2. The van der Waals surface area contributed by atoms with Gasteiger partial charge in [-0.3, -0.25) is 0 Å². The second-order valence-corrected chi connectivity index (χ2v) is 7.97. The molecule has 0 aliphatic heterocycles. The lowest BCUT2D eigenvalue weighted by Gasteiger charge is -2.29. The highest BCUT2D eigenvalue weighted by Crippen LogP contribution is 2.41. The maximum atomic E-state index is 14.5. The van der Waals surface area contributed by atoms with Crippen LogP contribution < -0.4 is 4.74 Å². The highest BCUT2D eigenvalue weighted by Gasteiger charge is 2.41. The zero-order valence-electron chi connectivity index (χ0n) is 16.0. The Balaban J connectivity index is 1.80. The summed E-state index contributed by atoms with van der Waals surface area (Å²) in [7, 11) is 0. The molecule has 1 fully saturated rings. The van der Waals surface area contributed by atoms with E-state index in [0.717, 1.165) is 62.8 Å². The van der Waals surface area contributed by atoms with Gasteiger partial charge in [0.15, 0.2) is 0 Å². The number of hydrogen-bond donors (Lipinski definition) is 0. The van der Waals surface area contributed by atoms with Gasteiger partial charge in [0.1, 0.15) is 28.8 Å². The molecule has 1 saturated carbocycles. The van der Waals surface area contributed by atoms with Crippen LogP contribution in [0.3, 0.4) is 0 Å². The molecule has 0 unspecified atom stereocenters. The molecule has 158 valence electrons. The molecule has 0 atom stereocenters. The summed E-state index contributed by atoms with van der Waals surface area (Å²) in [5.41, 5.74) is -1.11. The van der Waals surface area contributed by atoms with Crippen LogP contribution in [0.4, 0.5) is 22.0 Å². The molecule has 1 aliphatic rings. The Morgan fingerprint density at radius 1 is 0.966 bits per heavy atom. The third kappa shape index (κ3) is 5.03. The number of hydrogen-bond acceptors (Lipinski definition) is 1. The predicted molar refractivity (Wildman–Crippen MR) is 102 cm³/mol. The Labute approximate surface area is 171 Å². The highest BCUT2D eigenvalue weighted by atomic mass is 35.5. The van der Waals surface area contributed by atoms with Crippen molar-refractivity contribution in [2.24, 2.45) is 5.92 Å². The lowest BCUT2D eigenvalue weighted by molar-refractivity contribution is -0.189. The lowest BCUT2D eigenvalue weighted by atomic mass is 9.77. The summed E-state index contributed by atoms with van der Waals surface area (Å²) in [5.74, 6) is -3.77. The zero-order valence-corrected chi connectivity index (χ0v) is 16.7. The third-order valence-corrected chi connectivity index (χ3v) is 5.81. The SMILES string of the molecule is CCCC1CCC(c2cc(F)c(C(F)(F)Oc3ccc(Cl)c(F)c3)c(F)c2)CC1. The molecule has 0 aromatic heterocycles. The molecule has 0 amide bonds. The molecule has 2 aromatic rings. The average molecular weight is 433 g/mol. The fourth-order valence-corrected chi connectivity index (χ4v) is 4.16. The first kappa shape index (κ1) is 21.9. The van der Waals surface area contributed by atoms with Gasteiger partial charge in [-0.05, 0) is 67.3 Å². The zero-order chi connectivity index (χ0) is 21.2. The van der Waals surface area contributed by atoms with E-state index in [4.69, 9.17) is 11.6 Å². The van der Waals surface area contributed by atoms with Gasteiger partial charge in [0.05, 0.1) is 5.02 Å². The van der Waals surface area contributed by atoms with Crippen LogP contribution in [0, 0.1) is 23.4 Å². The summed E-state index contributed by atoms with van der Waals surface area (Å²) in [6.07, 6.45) is 1.39. The highest BCUT2D eigenvalue weighted by molar-refractivity contribution is 6.30. The van der Waals surface area contributed by atoms with E-state index in [1.54, 1.807) is 0 Å². The molecule has 0 N–H and O–H groups in total. The molecule has 0 heterocycles. The lowest BCUT2D eigenvalue weighted by Crippen LogP contribution is -2.25. The fraction of sp³-hybridized carbons (Fsp3) is 0.455. The summed E-state index contributed by atoms with van der Waals surface area (Å²) in [5, 5.41) is -0.281. The molecular weight excluding hydrogens is 411 g/mol. The molecule has 0 radical (unpaired) electrons. The molecule has 1 nitrogen and oxygen atoms in total. The van der Waals surface area contributed by atoms with E-state index >= 15 is 0 Å². The molecule has 0 spiro atoms. The van der Waals surface area contributed by atoms with Crippen LogP contribution >= 0.6 is 11.6 Å². The number of rotatable bonds is 6. The van der Waals surface area contributed by atoms with Gasteiger partial charge >= 0.3 is 6.11 Å². The van der Waals surface area contributed by atoms with Crippen molar-refractivity contribution in [1.82, 2.24) is 0 Å². The van der Waals surface area contributed by atoms with E-state index in [2.05, 4.69) is 11.7 Å². The molecule has 0 saturated heterocycles. The Morgan fingerprint density at radius 2 is 1.59 bits per heavy atom. The Kier molecular flexibility index (Phi) is 6.72. The Morgan fingerprint density at radius 3 is 2.14 bits per heavy atom. The first-order valence-electron chi connectivity index (χ1n) is 9.72. The molecule has 1 aliphatic carbocycles. The van der Waals surface area contributed by atoms with Crippen LogP contribution in [0.25, 0.3) is 0 Å². The van der Waals surface area contributed by atoms with Crippen molar-refractivity contribution in [3.05, 3.63) is 63.9 Å². The van der Waals surface area contributed by atoms with Crippen LogP contribution in [0.1, 0.15) is 62.5 Å². The summed E-state index contributed by atoms with van der Waals surface area (Å²) < 4.78 is 75.8. The van der Waals surface area contributed by atoms with Gasteiger partial charge in [0, 0.05) is 6.07 Å². The maximum absolute atomic E-state index is 14.5. The number of ether oxygens (including phenoxy) is 1. The normalized spacial score (nSPS) is 20.0. The van der Waals surface area contributed by atoms with E-state index in [9.17, 15) is 22.0 Å². The first-order valence-corrected chi connectivity index (χ1v) is 10.1. The summed E-state index contributed by atoms with van der Waals surface area (Å²) >= 11 is 5.50. The Bertz CT molecular complexity index is 839. The van der Waals surface area contributed by atoms with Gasteiger partial charge in [-0.2, -0.15) is 8.78 Å². The third-order valence-electron chi connectivity index (χ3n) is 5.51. The van der Waals surface area contributed by atoms with Crippen LogP contribution in [0.5, 0.6) is 5.75 Å². The van der Waals surface area contributed by atoms with E-state index in [1.165, 1.54) is 0 Å². The minimum absolute atomic E-state index is 0.0546. The molecular formula is C22H22ClF5O. The van der Waals surface area contributed by atoms with Crippen molar-refractivity contribution in [1.29, 1.82) is 0 Å². The van der Waals surface area contributed by atoms with E-state index < -0.39 is 34.9 Å². The van der Waals surface area contributed by atoms with Gasteiger partial charge < -0.3 is 4.74 Å². The summed E-state index contributed by atoms with van der Waals surface area (Å²) in [4.78, 5) is 0. The summed E-state index contributed by atoms with van der Waals surface area (Å²) in [6.45, 7) is 2.12. The van der Waals surface area contributed by atoms with Crippen molar-refractivity contribution in [3.63, 3.8) is 0 Å². The van der Waals surface area contributed by atoms with Gasteiger partial charge in [-0.1, -0.05) is 31.4 Å². The van der Waals surface area contributed by atoms with Gasteiger partial charge in [0.2, 0.25) is 0 Å². The Hall–Kier alpha value is -1.82. The summed E-state index contributed by atoms with van der Waals surface area (Å²) in [6, 6.07) is 4.58. The second-order valence-electron chi connectivity index (χ2n) is 7.56. The van der Waals surface area contributed by atoms with Crippen molar-refractivity contribution in [3.8, 4) is 5.75 Å². The van der Waals surface area contributed by atoms with Gasteiger partial charge in [-0.15, -0.1) is 0 Å². The standard InChI is InChI=1S/C22H22ClF5O/c1-2-3-13-4-6-14(7-5-13)15-10-19(25)21(20(26)11-15)22(27,28)29-16-8-9-17(23)18(24)12-16/h8-14H,2-7H2,1H3. The van der Waals surface area contributed by atoms with Crippen molar-refractivity contribution in [2.75, 3.05) is 0 Å². The molecule has 7 heteroatoms. The smallest absolute Gasteiger partial charge is 0.429 e. The molecule has 0 bridgehead atoms. The van der Waals surface area contributed by atoms with Crippen molar-refractivity contribution in [2.45, 2.75) is 57.5 Å². The number of alkyl halides is 2. The van der Waals surface area contributed by atoms with Crippen molar-refractivity contribution < 1.29 is 26.7 Å². The molecule has 3 rings (SSSR count). The van der Waals surface area contributed by atoms with E-state index in [1.807, 2.05) is 0 Å². The fourth-order valence-electron chi connectivity index (χ4n) is 4.04. The van der Waals surface area contributed by atoms with Crippen LogP contribution in [-0.2, 0) is 6.11 Å². The van der Waals surface area contributed by atoms with Gasteiger partial charge in [-0.25, -0.2) is 13.2 Å². The van der Waals surface area contributed by atoms with E-state index in [-0.39, 0.29) is 10.9 Å². The minimum atomic E-state index is -4.31. The predicted octanol–water partition coefficient (Wildman–Crippen LogP) is 7.96. The van der Waals surface area contributed by atoms with Crippen molar-refractivity contribution >= 4 is 11.6 Å². The molecule has 29 heavy (non-hydrogen) atoms. The minimum Gasteiger partial charge on any atom is -0.429 e. The van der Waals surface area contributed by atoms with Crippen LogP contribution in [0.15, 0.2) is 30.3 Å².